The molecule has 20 heavy (non-hydrogen) atoms. The van der Waals surface area contributed by atoms with Crippen LogP contribution in [0, 0.1) is 3.57 Å². The van der Waals surface area contributed by atoms with Gasteiger partial charge in [0.2, 0.25) is 0 Å². The lowest BCUT2D eigenvalue weighted by molar-refractivity contribution is 1.18. The molecule has 1 aromatic heterocycles. The Morgan fingerprint density at radius 2 is 1.35 bits per heavy atom. The lowest BCUT2D eigenvalue weighted by Gasteiger charge is -2.07. The first kappa shape index (κ1) is 12.0. The fourth-order valence-corrected chi connectivity index (χ4v) is 3.29. The van der Waals surface area contributed by atoms with E-state index in [1.165, 1.54) is 31.1 Å². The normalized spacial score (nSPS) is 11.2. The fourth-order valence-electron chi connectivity index (χ4n) is 2.80. The molecule has 0 aliphatic rings. The number of halogens is 1. The van der Waals surface area contributed by atoms with Crippen molar-refractivity contribution >= 4 is 44.4 Å². The highest BCUT2D eigenvalue weighted by molar-refractivity contribution is 14.1. The number of hydrogen-bond donors (Lipinski definition) is 0. The van der Waals surface area contributed by atoms with E-state index in [4.69, 9.17) is 0 Å². The Hall–Kier alpha value is -1.81. The Morgan fingerprint density at radius 3 is 2.20 bits per heavy atom. The van der Waals surface area contributed by atoms with Gasteiger partial charge < -0.3 is 4.57 Å². The highest BCUT2D eigenvalue weighted by atomic mass is 127. The van der Waals surface area contributed by atoms with Crippen molar-refractivity contribution < 1.29 is 0 Å². The standard InChI is InChI=1S/C18H12IN/c19-13-10-11-18-16(12-13)15-8-4-5-9-17(15)20(18)14-6-2-1-3-7-14/h1-12H. The van der Waals surface area contributed by atoms with Gasteiger partial charge in [-0.2, -0.15) is 0 Å². The molecule has 3 aromatic carbocycles. The van der Waals surface area contributed by atoms with Gasteiger partial charge in [-0.3, -0.25) is 0 Å². The van der Waals surface area contributed by atoms with Crippen LogP contribution in [0.25, 0.3) is 27.5 Å². The minimum absolute atomic E-state index is 1.21. The van der Waals surface area contributed by atoms with Gasteiger partial charge in [0.1, 0.15) is 0 Å². The molecular weight excluding hydrogens is 357 g/mol. The third-order valence-corrected chi connectivity index (χ3v) is 4.32. The van der Waals surface area contributed by atoms with E-state index in [0.717, 1.165) is 0 Å². The van der Waals surface area contributed by atoms with Crippen molar-refractivity contribution in [3.05, 3.63) is 76.4 Å². The summed E-state index contributed by atoms with van der Waals surface area (Å²) in [7, 11) is 0. The summed E-state index contributed by atoms with van der Waals surface area (Å²) in [5.41, 5.74) is 3.73. The van der Waals surface area contributed by atoms with Crippen LogP contribution in [0.1, 0.15) is 0 Å². The highest BCUT2D eigenvalue weighted by Crippen LogP contribution is 2.32. The summed E-state index contributed by atoms with van der Waals surface area (Å²) in [5, 5.41) is 2.63. The molecule has 0 unspecified atom stereocenters. The van der Waals surface area contributed by atoms with Gasteiger partial charge in [-0.1, -0.05) is 36.4 Å². The van der Waals surface area contributed by atoms with E-state index in [0.29, 0.717) is 0 Å². The zero-order valence-corrected chi connectivity index (χ0v) is 12.9. The molecule has 0 aliphatic carbocycles. The highest BCUT2D eigenvalue weighted by Gasteiger charge is 2.11. The molecule has 0 bridgehead atoms. The van der Waals surface area contributed by atoms with Crippen molar-refractivity contribution in [3.8, 4) is 5.69 Å². The van der Waals surface area contributed by atoms with Crippen molar-refractivity contribution in [2.24, 2.45) is 0 Å². The van der Waals surface area contributed by atoms with Gasteiger partial charge in [0.25, 0.3) is 0 Å². The number of para-hydroxylation sites is 2. The average Bonchev–Trinajstić information content (AvgIpc) is 2.82. The number of aromatic nitrogens is 1. The van der Waals surface area contributed by atoms with Gasteiger partial charge in [-0.15, -0.1) is 0 Å². The van der Waals surface area contributed by atoms with Crippen molar-refractivity contribution in [1.29, 1.82) is 0 Å². The molecule has 0 radical (unpaired) electrons. The maximum Gasteiger partial charge on any atom is 0.0541 e. The van der Waals surface area contributed by atoms with E-state index in [-0.39, 0.29) is 0 Å². The Labute approximate surface area is 131 Å². The number of benzene rings is 3. The smallest absolute Gasteiger partial charge is 0.0541 e. The van der Waals surface area contributed by atoms with Crippen molar-refractivity contribution in [2.75, 3.05) is 0 Å². The predicted molar refractivity (Wildman–Crippen MR) is 93.5 cm³/mol. The van der Waals surface area contributed by atoms with Gasteiger partial charge in [0.05, 0.1) is 11.0 Å². The molecule has 0 atom stereocenters. The van der Waals surface area contributed by atoms with Crippen LogP contribution in [-0.2, 0) is 0 Å². The van der Waals surface area contributed by atoms with E-state index in [9.17, 15) is 0 Å². The van der Waals surface area contributed by atoms with Crippen LogP contribution in [-0.4, -0.2) is 4.57 Å². The van der Waals surface area contributed by atoms with Crippen LogP contribution in [0.15, 0.2) is 72.8 Å². The first-order valence-electron chi connectivity index (χ1n) is 6.59. The summed E-state index contributed by atoms with van der Waals surface area (Å²) in [6.45, 7) is 0. The van der Waals surface area contributed by atoms with Crippen LogP contribution in [0.2, 0.25) is 0 Å². The summed E-state index contributed by atoms with van der Waals surface area (Å²) >= 11 is 2.38. The second-order valence-electron chi connectivity index (χ2n) is 4.85. The maximum atomic E-state index is 2.38. The monoisotopic (exact) mass is 369 g/mol. The van der Waals surface area contributed by atoms with E-state index >= 15 is 0 Å². The van der Waals surface area contributed by atoms with Crippen LogP contribution in [0.5, 0.6) is 0 Å². The van der Waals surface area contributed by atoms with E-state index in [1.54, 1.807) is 0 Å². The van der Waals surface area contributed by atoms with Crippen molar-refractivity contribution in [3.63, 3.8) is 0 Å². The minimum Gasteiger partial charge on any atom is -0.309 e. The Kier molecular flexibility index (Phi) is 2.77. The molecule has 0 fully saturated rings. The number of fused-ring (bicyclic) bond motifs is 3. The van der Waals surface area contributed by atoms with Gasteiger partial charge in [0.15, 0.2) is 0 Å². The molecule has 0 spiro atoms. The van der Waals surface area contributed by atoms with Crippen molar-refractivity contribution in [2.45, 2.75) is 0 Å². The predicted octanol–water partition coefficient (Wildman–Crippen LogP) is 5.39. The largest absolute Gasteiger partial charge is 0.309 e. The molecule has 0 saturated carbocycles. The first-order chi connectivity index (χ1) is 9.84. The molecule has 4 aromatic rings. The summed E-state index contributed by atoms with van der Waals surface area (Å²) in [4.78, 5) is 0. The summed E-state index contributed by atoms with van der Waals surface area (Å²) in [6.07, 6.45) is 0. The molecule has 4 rings (SSSR count). The molecule has 0 N–H and O–H groups in total. The number of rotatable bonds is 1. The number of nitrogens with zero attached hydrogens (tertiary/aromatic N) is 1. The molecule has 0 saturated heterocycles. The van der Waals surface area contributed by atoms with E-state index in [1.807, 2.05) is 0 Å². The zero-order chi connectivity index (χ0) is 13.5. The first-order valence-corrected chi connectivity index (χ1v) is 7.66. The van der Waals surface area contributed by atoms with Gasteiger partial charge in [-0.05, 0) is 59.0 Å². The average molecular weight is 369 g/mol. The van der Waals surface area contributed by atoms with Crippen LogP contribution < -0.4 is 0 Å². The second kappa shape index (κ2) is 4.63. The summed E-state index contributed by atoms with van der Waals surface area (Å²) in [6, 6.07) is 25.8. The van der Waals surface area contributed by atoms with Gasteiger partial charge >= 0.3 is 0 Å². The topological polar surface area (TPSA) is 4.93 Å². The zero-order valence-electron chi connectivity index (χ0n) is 10.8. The lowest BCUT2D eigenvalue weighted by Crippen LogP contribution is -1.92. The fraction of sp³-hybridized carbons (Fsp3) is 0. The maximum absolute atomic E-state index is 2.38. The molecular formula is C18H12IN. The third-order valence-electron chi connectivity index (χ3n) is 3.65. The molecule has 1 nitrogen and oxygen atoms in total. The molecule has 2 heteroatoms. The molecule has 96 valence electrons. The lowest BCUT2D eigenvalue weighted by atomic mass is 10.2. The Balaban J connectivity index is 2.22. The number of hydrogen-bond acceptors (Lipinski definition) is 0. The van der Waals surface area contributed by atoms with Crippen LogP contribution in [0.4, 0.5) is 0 Å². The van der Waals surface area contributed by atoms with E-state index < -0.39 is 0 Å². The second-order valence-corrected chi connectivity index (χ2v) is 6.10. The van der Waals surface area contributed by atoms with E-state index in [2.05, 4.69) is 100.0 Å². The van der Waals surface area contributed by atoms with Gasteiger partial charge in [-0.25, -0.2) is 0 Å². The van der Waals surface area contributed by atoms with Crippen LogP contribution in [0.3, 0.4) is 0 Å². The third kappa shape index (κ3) is 1.75. The Morgan fingerprint density at radius 1 is 0.650 bits per heavy atom. The van der Waals surface area contributed by atoms with Gasteiger partial charge in [0, 0.05) is 20.0 Å². The molecule has 1 heterocycles. The van der Waals surface area contributed by atoms with Crippen molar-refractivity contribution in [1.82, 2.24) is 4.57 Å². The SMILES string of the molecule is Ic1ccc2c(c1)c1ccccc1n2-c1ccccc1. The molecule has 0 amide bonds. The minimum atomic E-state index is 1.21. The van der Waals surface area contributed by atoms with Crippen LogP contribution >= 0.6 is 22.6 Å². The summed E-state index contributed by atoms with van der Waals surface area (Å²) in [5.74, 6) is 0. The quantitative estimate of drug-likeness (QED) is 0.397. The Bertz CT molecular complexity index is 907. The molecule has 0 aliphatic heterocycles. The summed E-state index contributed by atoms with van der Waals surface area (Å²) < 4.78 is 3.60.